The minimum absolute atomic E-state index is 0.409. The van der Waals surface area contributed by atoms with Gasteiger partial charge < -0.3 is 10.6 Å². The van der Waals surface area contributed by atoms with Gasteiger partial charge in [0.15, 0.2) is 6.29 Å². The van der Waals surface area contributed by atoms with E-state index in [0.717, 1.165) is 22.4 Å². The van der Waals surface area contributed by atoms with Crippen molar-refractivity contribution in [2.45, 2.75) is 19.5 Å². The zero-order valence-electron chi connectivity index (χ0n) is 11.7. The van der Waals surface area contributed by atoms with Gasteiger partial charge in [-0.15, -0.1) is 0 Å². The molecular formula is C17H16N2O2. The SMILES string of the molecule is Cc1cc(N)ccc1N1Cc2ccccc2C1C(=O)C=O. The topological polar surface area (TPSA) is 63.4 Å². The molecule has 0 aliphatic carbocycles. The maximum Gasteiger partial charge on any atom is 0.222 e. The van der Waals surface area contributed by atoms with Crippen LogP contribution >= 0.6 is 0 Å². The number of carbonyl (C=O) groups is 2. The van der Waals surface area contributed by atoms with Crippen LogP contribution in [0.3, 0.4) is 0 Å². The molecule has 1 aliphatic heterocycles. The van der Waals surface area contributed by atoms with Crippen molar-refractivity contribution in [3.63, 3.8) is 0 Å². The summed E-state index contributed by atoms with van der Waals surface area (Å²) in [6, 6.07) is 12.8. The Labute approximate surface area is 123 Å². The van der Waals surface area contributed by atoms with Crippen molar-refractivity contribution >= 4 is 23.4 Å². The summed E-state index contributed by atoms with van der Waals surface area (Å²) < 4.78 is 0. The summed E-state index contributed by atoms with van der Waals surface area (Å²) in [6.07, 6.45) is 0.409. The molecule has 2 N–H and O–H groups in total. The zero-order valence-corrected chi connectivity index (χ0v) is 11.7. The van der Waals surface area contributed by atoms with Crippen molar-refractivity contribution in [2.24, 2.45) is 0 Å². The molecule has 0 spiro atoms. The summed E-state index contributed by atoms with van der Waals surface area (Å²) in [5.41, 5.74) is 10.4. The number of benzene rings is 2. The van der Waals surface area contributed by atoms with Crippen LogP contribution in [0.5, 0.6) is 0 Å². The van der Waals surface area contributed by atoms with E-state index in [-0.39, 0.29) is 0 Å². The predicted octanol–water partition coefficient (Wildman–Crippen LogP) is 2.41. The predicted molar refractivity (Wildman–Crippen MR) is 82.0 cm³/mol. The van der Waals surface area contributed by atoms with Gasteiger partial charge >= 0.3 is 0 Å². The molecule has 0 fully saturated rings. The summed E-state index contributed by atoms with van der Waals surface area (Å²) in [7, 11) is 0. The molecule has 0 aromatic heterocycles. The molecule has 0 radical (unpaired) electrons. The van der Waals surface area contributed by atoms with Crippen LogP contribution in [0.25, 0.3) is 0 Å². The van der Waals surface area contributed by atoms with Gasteiger partial charge in [0, 0.05) is 17.9 Å². The number of hydrogen-bond donors (Lipinski definition) is 1. The first-order chi connectivity index (χ1) is 10.1. The normalized spacial score (nSPS) is 16.6. The third-order valence-electron chi connectivity index (χ3n) is 3.92. The molecule has 3 rings (SSSR count). The zero-order chi connectivity index (χ0) is 15.0. The van der Waals surface area contributed by atoms with Crippen LogP contribution in [0.1, 0.15) is 22.7 Å². The molecular weight excluding hydrogens is 264 g/mol. The van der Waals surface area contributed by atoms with Gasteiger partial charge in [-0.3, -0.25) is 9.59 Å². The number of ketones is 1. The van der Waals surface area contributed by atoms with E-state index in [0.29, 0.717) is 18.5 Å². The van der Waals surface area contributed by atoms with Crippen molar-refractivity contribution in [3.8, 4) is 0 Å². The van der Waals surface area contributed by atoms with E-state index in [4.69, 9.17) is 5.73 Å². The Morgan fingerprint density at radius 1 is 1.29 bits per heavy atom. The molecule has 1 unspecified atom stereocenters. The van der Waals surface area contributed by atoms with Crippen molar-refractivity contribution in [1.82, 2.24) is 0 Å². The molecule has 4 heteroatoms. The minimum Gasteiger partial charge on any atom is -0.399 e. The fraction of sp³-hybridized carbons (Fsp3) is 0.176. The summed E-state index contributed by atoms with van der Waals surface area (Å²) in [5, 5.41) is 0. The van der Waals surface area contributed by atoms with Crippen molar-refractivity contribution < 1.29 is 9.59 Å². The second-order valence-electron chi connectivity index (χ2n) is 5.30. The Hall–Kier alpha value is -2.62. The lowest BCUT2D eigenvalue weighted by Crippen LogP contribution is -2.29. The second kappa shape index (κ2) is 5.05. The molecule has 1 heterocycles. The number of hydrogen-bond acceptors (Lipinski definition) is 4. The first-order valence-corrected chi connectivity index (χ1v) is 6.81. The van der Waals surface area contributed by atoms with E-state index >= 15 is 0 Å². The van der Waals surface area contributed by atoms with Crippen molar-refractivity contribution in [3.05, 3.63) is 59.2 Å². The van der Waals surface area contributed by atoms with Crippen LogP contribution in [0.4, 0.5) is 11.4 Å². The maximum absolute atomic E-state index is 12.1. The third kappa shape index (κ3) is 2.18. The lowest BCUT2D eigenvalue weighted by molar-refractivity contribution is -0.130. The van der Waals surface area contributed by atoms with Gasteiger partial charge in [-0.1, -0.05) is 24.3 Å². The molecule has 2 aromatic rings. The summed E-state index contributed by atoms with van der Waals surface area (Å²) >= 11 is 0. The van der Waals surface area contributed by atoms with Crippen molar-refractivity contribution in [1.29, 1.82) is 0 Å². The van der Waals surface area contributed by atoms with E-state index in [1.165, 1.54) is 0 Å². The number of nitrogen functional groups attached to an aromatic ring is 1. The van der Waals surface area contributed by atoms with Crippen molar-refractivity contribution in [2.75, 3.05) is 10.6 Å². The highest BCUT2D eigenvalue weighted by Gasteiger charge is 2.35. The van der Waals surface area contributed by atoms with Crippen LogP contribution in [-0.4, -0.2) is 12.1 Å². The largest absolute Gasteiger partial charge is 0.399 e. The highest BCUT2D eigenvalue weighted by atomic mass is 16.2. The quantitative estimate of drug-likeness (QED) is 0.533. The standard InChI is InChI=1S/C17H16N2O2/c1-11-8-13(18)6-7-15(11)19-9-12-4-2-3-5-14(12)17(19)16(21)10-20/h2-8,10,17H,9,18H2,1H3. The van der Waals surface area contributed by atoms with Gasteiger partial charge in [0.1, 0.15) is 6.04 Å². The van der Waals surface area contributed by atoms with E-state index in [2.05, 4.69) is 0 Å². The van der Waals surface area contributed by atoms with Crippen LogP contribution in [0.15, 0.2) is 42.5 Å². The van der Waals surface area contributed by atoms with Gasteiger partial charge in [0.05, 0.1) is 0 Å². The Balaban J connectivity index is 2.10. The molecule has 0 saturated heterocycles. The molecule has 1 aliphatic rings. The van der Waals surface area contributed by atoms with Crippen LogP contribution in [0, 0.1) is 6.92 Å². The van der Waals surface area contributed by atoms with Gasteiger partial charge in [0.2, 0.25) is 5.78 Å². The van der Waals surface area contributed by atoms with E-state index in [9.17, 15) is 9.59 Å². The second-order valence-corrected chi connectivity index (χ2v) is 5.30. The molecule has 1 atom stereocenters. The number of aryl methyl sites for hydroxylation is 1. The first-order valence-electron chi connectivity index (χ1n) is 6.81. The molecule has 106 valence electrons. The number of Topliss-reactive ketones (excluding diaryl/α,β-unsaturated/α-hetero) is 1. The fourth-order valence-electron chi connectivity index (χ4n) is 2.98. The minimum atomic E-state index is -0.541. The number of anilines is 2. The average molecular weight is 280 g/mol. The summed E-state index contributed by atoms with van der Waals surface area (Å²) in [5.74, 6) is -0.420. The molecule has 0 saturated carbocycles. The molecule has 4 nitrogen and oxygen atoms in total. The number of fused-ring (bicyclic) bond motifs is 1. The number of rotatable bonds is 3. The van der Waals surface area contributed by atoms with E-state index < -0.39 is 11.8 Å². The van der Waals surface area contributed by atoms with Gasteiger partial charge in [-0.2, -0.15) is 0 Å². The third-order valence-corrected chi connectivity index (χ3v) is 3.92. The number of carbonyl (C=O) groups excluding carboxylic acids is 2. The smallest absolute Gasteiger partial charge is 0.222 e. The lowest BCUT2D eigenvalue weighted by atomic mass is 10.0. The molecule has 0 amide bonds. The fourth-order valence-corrected chi connectivity index (χ4v) is 2.98. The van der Waals surface area contributed by atoms with Crippen LogP contribution in [0.2, 0.25) is 0 Å². The number of nitrogens with zero attached hydrogens (tertiary/aromatic N) is 1. The van der Waals surface area contributed by atoms with E-state index in [1.807, 2.05) is 54.3 Å². The molecule has 0 bridgehead atoms. The first kappa shape index (κ1) is 13.4. The maximum atomic E-state index is 12.1. The summed E-state index contributed by atoms with van der Waals surface area (Å²) in [4.78, 5) is 25.1. The van der Waals surface area contributed by atoms with Crippen LogP contribution < -0.4 is 10.6 Å². The van der Waals surface area contributed by atoms with Gasteiger partial charge in [-0.05, 0) is 41.8 Å². The summed E-state index contributed by atoms with van der Waals surface area (Å²) in [6.45, 7) is 2.57. The van der Waals surface area contributed by atoms with Gasteiger partial charge in [-0.25, -0.2) is 0 Å². The van der Waals surface area contributed by atoms with Crippen LogP contribution in [-0.2, 0) is 16.1 Å². The Morgan fingerprint density at radius 2 is 2.05 bits per heavy atom. The number of nitrogens with two attached hydrogens (primary N) is 1. The molecule has 21 heavy (non-hydrogen) atoms. The Bertz CT molecular complexity index is 724. The molecule has 2 aromatic carbocycles. The monoisotopic (exact) mass is 280 g/mol. The average Bonchev–Trinajstić information content (AvgIpc) is 2.85. The Morgan fingerprint density at radius 3 is 2.76 bits per heavy atom. The highest BCUT2D eigenvalue weighted by Crippen LogP contribution is 2.39. The number of aldehydes is 1. The lowest BCUT2D eigenvalue weighted by Gasteiger charge is -2.26. The highest BCUT2D eigenvalue weighted by molar-refractivity contribution is 6.28. The Kier molecular flexibility index (Phi) is 3.22. The van der Waals surface area contributed by atoms with E-state index in [1.54, 1.807) is 0 Å². The van der Waals surface area contributed by atoms with Gasteiger partial charge in [0.25, 0.3) is 0 Å².